The van der Waals surface area contributed by atoms with Crippen molar-refractivity contribution in [2.75, 3.05) is 44.7 Å². The van der Waals surface area contributed by atoms with Gasteiger partial charge in [-0.15, -0.1) is 12.4 Å². The molecule has 0 aromatic carbocycles. The van der Waals surface area contributed by atoms with E-state index < -0.39 is 0 Å². The number of fused-ring (bicyclic) bond motifs is 1. The molecule has 0 unspecified atom stereocenters. The highest BCUT2D eigenvalue weighted by Gasteiger charge is 2.28. The van der Waals surface area contributed by atoms with Crippen molar-refractivity contribution in [1.29, 1.82) is 0 Å². The van der Waals surface area contributed by atoms with Crippen molar-refractivity contribution in [3.8, 4) is 5.75 Å². The van der Waals surface area contributed by atoms with Gasteiger partial charge in [0, 0.05) is 69.2 Å². The first-order chi connectivity index (χ1) is 12.3. The standard InChI is InChI=1S/C17H22N6O2.ClH/c1-25-12-2-5-19-15(10-12)22-6-8-23(9-7-22)17(24)16-13-11-18-4-3-14(13)20-21-16;/h2,5,10,18H,3-4,6-9,11H2,1H3,(H,20,21);1H. The van der Waals surface area contributed by atoms with Gasteiger partial charge in [-0.1, -0.05) is 0 Å². The molecule has 4 rings (SSSR count). The molecule has 26 heavy (non-hydrogen) atoms. The number of methoxy groups -OCH3 is 1. The summed E-state index contributed by atoms with van der Waals surface area (Å²) in [7, 11) is 1.65. The van der Waals surface area contributed by atoms with Crippen LogP contribution >= 0.6 is 12.4 Å². The highest BCUT2D eigenvalue weighted by molar-refractivity contribution is 5.94. The fourth-order valence-corrected chi connectivity index (χ4v) is 3.39. The lowest BCUT2D eigenvalue weighted by Gasteiger charge is -2.35. The molecular weight excluding hydrogens is 356 g/mol. The fraction of sp³-hybridized carbons (Fsp3) is 0.471. The average molecular weight is 379 g/mol. The second-order valence-electron chi connectivity index (χ2n) is 6.29. The van der Waals surface area contributed by atoms with Crippen molar-refractivity contribution < 1.29 is 9.53 Å². The van der Waals surface area contributed by atoms with Crippen LogP contribution in [0.2, 0.25) is 0 Å². The van der Waals surface area contributed by atoms with Crippen molar-refractivity contribution in [3.05, 3.63) is 35.3 Å². The zero-order chi connectivity index (χ0) is 17.2. The van der Waals surface area contributed by atoms with Gasteiger partial charge in [0.25, 0.3) is 5.91 Å². The highest BCUT2D eigenvalue weighted by atomic mass is 35.5. The van der Waals surface area contributed by atoms with Gasteiger partial charge in [-0.2, -0.15) is 5.10 Å². The Balaban J connectivity index is 0.00000196. The summed E-state index contributed by atoms with van der Waals surface area (Å²) in [5.41, 5.74) is 2.67. The van der Waals surface area contributed by atoms with E-state index in [9.17, 15) is 4.79 Å². The van der Waals surface area contributed by atoms with Gasteiger partial charge >= 0.3 is 0 Å². The van der Waals surface area contributed by atoms with Crippen LogP contribution in [0.4, 0.5) is 5.82 Å². The lowest BCUT2D eigenvalue weighted by Crippen LogP contribution is -2.49. The predicted octanol–water partition coefficient (Wildman–Crippen LogP) is 0.843. The summed E-state index contributed by atoms with van der Waals surface area (Å²) in [6.45, 7) is 4.45. The second-order valence-corrected chi connectivity index (χ2v) is 6.29. The van der Waals surface area contributed by atoms with Crippen LogP contribution in [0.25, 0.3) is 0 Å². The lowest BCUT2D eigenvalue weighted by atomic mass is 10.1. The molecular formula is C17H23ClN6O2. The van der Waals surface area contributed by atoms with E-state index in [0.717, 1.165) is 48.9 Å². The Labute approximate surface area is 158 Å². The van der Waals surface area contributed by atoms with Gasteiger partial charge in [-0.05, 0) is 6.07 Å². The zero-order valence-electron chi connectivity index (χ0n) is 14.7. The van der Waals surface area contributed by atoms with Crippen LogP contribution in [0.3, 0.4) is 0 Å². The molecule has 2 aliphatic heterocycles. The third-order valence-corrected chi connectivity index (χ3v) is 4.85. The third kappa shape index (κ3) is 3.47. The summed E-state index contributed by atoms with van der Waals surface area (Å²) >= 11 is 0. The van der Waals surface area contributed by atoms with E-state index in [0.29, 0.717) is 25.3 Å². The molecule has 8 nitrogen and oxygen atoms in total. The van der Waals surface area contributed by atoms with Crippen molar-refractivity contribution >= 4 is 24.1 Å². The number of hydrogen-bond donors (Lipinski definition) is 2. The molecule has 0 aliphatic carbocycles. The molecule has 0 saturated carbocycles. The average Bonchev–Trinajstić information content (AvgIpc) is 3.12. The van der Waals surface area contributed by atoms with E-state index in [1.165, 1.54) is 0 Å². The minimum absolute atomic E-state index is 0. The topological polar surface area (TPSA) is 86.4 Å². The van der Waals surface area contributed by atoms with E-state index in [1.807, 2.05) is 17.0 Å². The Morgan fingerprint density at radius 1 is 1.27 bits per heavy atom. The number of carbonyl (C=O) groups is 1. The van der Waals surface area contributed by atoms with Gasteiger partial charge in [-0.3, -0.25) is 9.89 Å². The first-order valence-electron chi connectivity index (χ1n) is 8.57. The number of nitrogens with zero attached hydrogens (tertiary/aromatic N) is 4. The summed E-state index contributed by atoms with van der Waals surface area (Å²) in [6, 6.07) is 3.76. The Morgan fingerprint density at radius 2 is 2.08 bits per heavy atom. The lowest BCUT2D eigenvalue weighted by molar-refractivity contribution is 0.0739. The van der Waals surface area contributed by atoms with E-state index in [-0.39, 0.29) is 18.3 Å². The number of pyridine rings is 1. The number of aromatic amines is 1. The highest BCUT2D eigenvalue weighted by Crippen LogP contribution is 2.21. The van der Waals surface area contributed by atoms with E-state index in [1.54, 1.807) is 13.3 Å². The van der Waals surface area contributed by atoms with Crippen LogP contribution in [-0.2, 0) is 13.0 Å². The summed E-state index contributed by atoms with van der Waals surface area (Å²) in [4.78, 5) is 21.3. The van der Waals surface area contributed by atoms with Crippen LogP contribution in [0.15, 0.2) is 18.3 Å². The fourth-order valence-electron chi connectivity index (χ4n) is 3.39. The number of rotatable bonds is 3. The monoisotopic (exact) mass is 378 g/mol. The van der Waals surface area contributed by atoms with Gasteiger partial charge in [0.2, 0.25) is 0 Å². The van der Waals surface area contributed by atoms with Crippen molar-refractivity contribution in [2.24, 2.45) is 0 Å². The van der Waals surface area contributed by atoms with Crippen LogP contribution in [0.5, 0.6) is 5.75 Å². The van der Waals surface area contributed by atoms with Crippen LogP contribution < -0.4 is 15.0 Å². The number of anilines is 1. The molecule has 1 saturated heterocycles. The van der Waals surface area contributed by atoms with Crippen molar-refractivity contribution in [3.63, 3.8) is 0 Å². The molecule has 2 aromatic rings. The molecule has 4 heterocycles. The summed E-state index contributed by atoms with van der Waals surface area (Å²) in [5, 5.41) is 10.6. The van der Waals surface area contributed by atoms with Crippen molar-refractivity contribution in [2.45, 2.75) is 13.0 Å². The number of nitrogens with one attached hydrogen (secondary N) is 2. The number of ether oxygens (including phenoxy) is 1. The molecule has 2 N–H and O–H groups in total. The van der Waals surface area contributed by atoms with Gasteiger partial charge < -0.3 is 19.9 Å². The maximum atomic E-state index is 12.8. The van der Waals surface area contributed by atoms with E-state index in [2.05, 4.69) is 25.4 Å². The summed E-state index contributed by atoms with van der Waals surface area (Å²) < 4.78 is 5.26. The van der Waals surface area contributed by atoms with Gasteiger partial charge in [0.15, 0.2) is 5.69 Å². The van der Waals surface area contributed by atoms with E-state index >= 15 is 0 Å². The number of carbonyl (C=O) groups excluding carboxylic acids is 1. The molecule has 9 heteroatoms. The summed E-state index contributed by atoms with van der Waals surface area (Å²) in [5.74, 6) is 1.69. The molecule has 0 atom stereocenters. The zero-order valence-corrected chi connectivity index (χ0v) is 15.5. The number of aromatic nitrogens is 3. The number of hydrogen-bond acceptors (Lipinski definition) is 6. The molecule has 1 fully saturated rings. The SMILES string of the molecule is COc1ccnc(N2CCN(C(=O)c3n[nH]c4c3CNCC4)CC2)c1.Cl. The van der Waals surface area contributed by atoms with Crippen LogP contribution in [0.1, 0.15) is 21.7 Å². The molecule has 1 amide bonds. The second kappa shape index (κ2) is 7.92. The normalized spacial score (nSPS) is 16.7. The number of piperazine rings is 1. The minimum Gasteiger partial charge on any atom is -0.497 e. The predicted molar refractivity (Wildman–Crippen MR) is 100 cm³/mol. The smallest absolute Gasteiger partial charge is 0.274 e. The number of halogens is 1. The maximum absolute atomic E-state index is 12.8. The third-order valence-electron chi connectivity index (χ3n) is 4.85. The Morgan fingerprint density at radius 3 is 2.85 bits per heavy atom. The maximum Gasteiger partial charge on any atom is 0.274 e. The molecule has 2 aromatic heterocycles. The van der Waals surface area contributed by atoms with Gasteiger partial charge in [-0.25, -0.2) is 4.98 Å². The minimum atomic E-state index is 0. The first kappa shape index (κ1) is 18.5. The van der Waals surface area contributed by atoms with Crippen LogP contribution in [0, 0.1) is 0 Å². The van der Waals surface area contributed by atoms with E-state index in [4.69, 9.17) is 4.74 Å². The Bertz CT molecular complexity index is 772. The van der Waals surface area contributed by atoms with Crippen molar-refractivity contribution in [1.82, 2.24) is 25.4 Å². The molecule has 0 bridgehead atoms. The first-order valence-corrected chi connectivity index (χ1v) is 8.57. The molecule has 0 spiro atoms. The Kier molecular flexibility index (Phi) is 5.63. The van der Waals surface area contributed by atoms with Crippen LogP contribution in [-0.4, -0.2) is 65.8 Å². The summed E-state index contributed by atoms with van der Waals surface area (Å²) in [6.07, 6.45) is 2.64. The quantitative estimate of drug-likeness (QED) is 0.823. The molecule has 0 radical (unpaired) electrons. The number of amides is 1. The van der Waals surface area contributed by atoms with Gasteiger partial charge in [0.1, 0.15) is 11.6 Å². The van der Waals surface area contributed by atoms with Gasteiger partial charge in [0.05, 0.1) is 7.11 Å². The largest absolute Gasteiger partial charge is 0.497 e. The Hall–Kier alpha value is -2.32. The number of H-pyrrole nitrogens is 1. The molecule has 2 aliphatic rings. The molecule has 140 valence electrons.